The molecule has 1 aromatic heterocycles. The largest absolute Gasteiger partial charge is 0.476 e. The number of carbonyl (C=O) groups excluding carboxylic acids is 1. The summed E-state index contributed by atoms with van der Waals surface area (Å²) >= 11 is 0. The molecule has 1 aliphatic rings. The molecule has 1 aliphatic heterocycles. The highest BCUT2D eigenvalue weighted by Gasteiger charge is 2.37. The van der Waals surface area contributed by atoms with Crippen molar-refractivity contribution in [1.82, 2.24) is 10.3 Å². The number of carbonyl (C=O) groups is 1. The number of rotatable bonds is 5. The van der Waals surface area contributed by atoms with Crippen molar-refractivity contribution in [2.75, 3.05) is 19.7 Å². The molecule has 0 spiro atoms. The van der Waals surface area contributed by atoms with Gasteiger partial charge in [0, 0.05) is 6.20 Å². The number of ether oxygens (including phenoxy) is 2. The lowest BCUT2D eigenvalue weighted by Crippen LogP contribution is -2.39. The van der Waals surface area contributed by atoms with Crippen LogP contribution >= 0.6 is 0 Å². The van der Waals surface area contributed by atoms with E-state index in [1.54, 1.807) is 13.8 Å². The maximum absolute atomic E-state index is 12.9. The molecule has 0 atom stereocenters. The van der Waals surface area contributed by atoms with Crippen molar-refractivity contribution in [1.29, 1.82) is 0 Å². The van der Waals surface area contributed by atoms with Gasteiger partial charge in [-0.1, -0.05) is 0 Å². The molecule has 134 valence electrons. The molecule has 0 amide bonds. The maximum Gasteiger partial charge on any atom is 0.421 e. The predicted molar refractivity (Wildman–Crippen MR) is 80.5 cm³/mol. The molecule has 24 heavy (non-hydrogen) atoms. The Morgan fingerprint density at radius 1 is 1.33 bits per heavy atom. The van der Waals surface area contributed by atoms with E-state index in [1.165, 1.54) is 12.3 Å². The fourth-order valence-electron chi connectivity index (χ4n) is 2.25. The topological polar surface area (TPSA) is 60.5 Å². The Balaban J connectivity index is 1.98. The van der Waals surface area contributed by atoms with Gasteiger partial charge in [-0.2, -0.15) is 13.2 Å². The first-order valence-corrected chi connectivity index (χ1v) is 7.77. The average molecular weight is 346 g/mol. The van der Waals surface area contributed by atoms with Crippen LogP contribution in [0.25, 0.3) is 0 Å². The lowest BCUT2D eigenvalue weighted by Gasteiger charge is -2.28. The molecule has 2 rings (SSSR count). The molecule has 5 nitrogen and oxygen atoms in total. The summed E-state index contributed by atoms with van der Waals surface area (Å²) in [7, 11) is 0. The number of hydrogen-bond acceptors (Lipinski definition) is 5. The van der Waals surface area contributed by atoms with Crippen molar-refractivity contribution in [2.24, 2.45) is 5.41 Å². The molecule has 1 saturated heterocycles. The second-order valence-electron chi connectivity index (χ2n) is 6.38. The quantitative estimate of drug-likeness (QED) is 0.831. The third-order valence-corrected chi connectivity index (χ3v) is 3.76. The fourth-order valence-corrected chi connectivity index (χ4v) is 2.25. The molecule has 2 heterocycles. The fraction of sp³-hybridized carbons (Fsp3) is 0.625. The summed E-state index contributed by atoms with van der Waals surface area (Å²) in [6.45, 7) is 4.45. The standard InChI is InChI=1S/C16H21F3N2O3/c1-15(2,14(22)24-11-5-8-20-9-6-11)10-23-13-12(16(17,18)19)4-3-7-21-13/h3-4,7,11,20H,5-6,8-10H2,1-2H3. The minimum Gasteiger partial charge on any atom is -0.476 e. The van der Waals surface area contributed by atoms with Crippen LogP contribution in [-0.4, -0.2) is 36.8 Å². The van der Waals surface area contributed by atoms with E-state index in [9.17, 15) is 18.0 Å². The SMILES string of the molecule is CC(C)(COc1ncccc1C(F)(F)F)C(=O)OC1CCNCC1. The number of aromatic nitrogens is 1. The summed E-state index contributed by atoms with van der Waals surface area (Å²) in [5, 5.41) is 3.16. The number of pyridine rings is 1. The minimum absolute atomic E-state index is 0.168. The summed E-state index contributed by atoms with van der Waals surface area (Å²) in [6, 6.07) is 2.08. The number of esters is 1. The first-order chi connectivity index (χ1) is 11.2. The Morgan fingerprint density at radius 3 is 2.62 bits per heavy atom. The van der Waals surface area contributed by atoms with Crippen LogP contribution in [0.3, 0.4) is 0 Å². The van der Waals surface area contributed by atoms with Crippen LogP contribution in [0.2, 0.25) is 0 Å². The van der Waals surface area contributed by atoms with E-state index in [0.29, 0.717) is 0 Å². The van der Waals surface area contributed by atoms with Crippen molar-refractivity contribution in [3.63, 3.8) is 0 Å². The minimum atomic E-state index is -4.57. The van der Waals surface area contributed by atoms with Gasteiger partial charge in [-0.3, -0.25) is 4.79 Å². The molecule has 1 fully saturated rings. The highest BCUT2D eigenvalue weighted by atomic mass is 19.4. The number of hydrogen-bond donors (Lipinski definition) is 1. The Morgan fingerprint density at radius 2 is 2.00 bits per heavy atom. The Bertz CT molecular complexity index is 570. The van der Waals surface area contributed by atoms with Gasteiger partial charge in [0.15, 0.2) is 0 Å². The number of piperidine rings is 1. The average Bonchev–Trinajstić information content (AvgIpc) is 2.53. The predicted octanol–water partition coefficient (Wildman–Crippen LogP) is 2.80. The van der Waals surface area contributed by atoms with Gasteiger partial charge in [-0.15, -0.1) is 0 Å². The normalized spacial score (nSPS) is 16.7. The molecule has 1 aromatic rings. The van der Waals surface area contributed by atoms with Gasteiger partial charge in [0.1, 0.15) is 18.3 Å². The summed E-state index contributed by atoms with van der Waals surface area (Å²) in [6.07, 6.45) is -2.07. The van der Waals surface area contributed by atoms with E-state index < -0.39 is 29.0 Å². The third-order valence-electron chi connectivity index (χ3n) is 3.76. The highest BCUT2D eigenvalue weighted by Crippen LogP contribution is 2.35. The summed E-state index contributed by atoms with van der Waals surface area (Å²) in [4.78, 5) is 15.9. The molecular formula is C16H21F3N2O3. The zero-order chi connectivity index (χ0) is 17.8. The van der Waals surface area contributed by atoms with Gasteiger partial charge in [0.2, 0.25) is 5.88 Å². The number of halogens is 3. The summed E-state index contributed by atoms with van der Waals surface area (Å²) < 4.78 is 49.4. The Labute approximate surface area is 138 Å². The van der Waals surface area contributed by atoms with E-state index in [0.717, 1.165) is 32.0 Å². The lowest BCUT2D eigenvalue weighted by molar-refractivity contribution is -0.162. The van der Waals surface area contributed by atoms with E-state index in [1.807, 2.05) is 0 Å². The van der Waals surface area contributed by atoms with E-state index in [-0.39, 0.29) is 12.7 Å². The molecule has 1 N–H and O–H groups in total. The number of nitrogens with one attached hydrogen (secondary N) is 1. The summed E-state index contributed by atoms with van der Waals surface area (Å²) in [5.41, 5.74) is -2.04. The molecule has 0 radical (unpaired) electrons. The number of alkyl halides is 3. The van der Waals surface area contributed by atoms with Crippen molar-refractivity contribution >= 4 is 5.97 Å². The van der Waals surface area contributed by atoms with Crippen LogP contribution in [0.5, 0.6) is 5.88 Å². The second-order valence-corrected chi connectivity index (χ2v) is 6.38. The zero-order valence-electron chi connectivity index (χ0n) is 13.7. The van der Waals surface area contributed by atoms with Gasteiger partial charge < -0.3 is 14.8 Å². The molecule has 0 unspecified atom stereocenters. The monoisotopic (exact) mass is 346 g/mol. The first-order valence-electron chi connectivity index (χ1n) is 7.77. The van der Waals surface area contributed by atoms with Crippen molar-refractivity contribution in [2.45, 2.75) is 39.0 Å². The lowest BCUT2D eigenvalue weighted by atomic mass is 9.95. The smallest absolute Gasteiger partial charge is 0.421 e. The molecular weight excluding hydrogens is 325 g/mol. The van der Waals surface area contributed by atoms with Crippen LogP contribution in [-0.2, 0) is 15.7 Å². The van der Waals surface area contributed by atoms with E-state index in [2.05, 4.69) is 10.3 Å². The Hall–Kier alpha value is -1.83. The van der Waals surface area contributed by atoms with Crippen LogP contribution in [0, 0.1) is 5.41 Å². The Kier molecular flexibility index (Phi) is 5.69. The number of nitrogens with zero attached hydrogens (tertiary/aromatic N) is 1. The summed E-state index contributed by atoms with van der Waals surface area (Å²) in [5.74, 6) is -1.02. The zero-order valence-corrected chi connectivity index (χ0v) is 13.7. The van der Waals surface area contributed by atoms with Crippen molar-refractivity contribution in [3.05, 3.63) is 23.9 Å². The van der Waals surface area contributed by atoms with Gasteiger partial charge >= 0.3 is 12.1 Å². The molecule has 0 bridgehead atoms. The van der Waals surface area contributed by atoms with Crippen LogP contribution in [0.15, 0.2) is 18.3 Å². The van der Waals surface area contributed by atoms with E-state index >= 15 is 0 Å². The molecule has 0 aliphatic carbocycles. The van der Waals surface area contributed by atoms with Crippen LogP contribution in [0.1, 0.15) is 32.3 Å². The third kappa shape index (κ3) is 4.83. The molecule has 0 aromatic carbocycles. The maximum atomic E-state index is 12.9. The van der Waals surface area contributed by atoms with Gasteiger partial charge in [0.25, 0.3) is 0 Å². The van der Waals surface area contributed by atoms with Gasteiger partial charge in [-0.05, 0) is 51.9 Å². The van der Waals surface area contributed by atoms with E-state index in [4.69, 9.17) is 9.47 Å². The van der Waals surface area contributed by atoms with Gasteiger partial charge in [0.05, 0.1) is 5.41 Å². The first kappa shape index (κ1) is 18.5. The van der Waals surface area contributed by atoms with Crippen molar-refractivity contribution < 1.29 is 27.4 Å². The van der Waals surface area contributed by atoms with Gasteiger partial charge in [-0.25, -0.2) is 4.98 Å². The van der Waals surface area contributed by atoms with Crippen molar-refractivity contribution in [3.8, 4) is 5.88 Å². The molecule has 0 saturated carbocycles. The molecule has 8 heteroatoms. The van der Waals surface area contributed by atoms with Crippen LogP contribution in [0.4, 0.5) is 13.2 Å². The van der Waals surface area contributed by atoms with Crippen LogP contribution < -0.4 is 10.1 Å². The second kappa shape index (κ2) is 7.38. The highest BCUT2D eigenvalue weighted by molar-refractivity contribution is 5.76.